The highest BCUT2D eigenvalue weighted by atomic mass is 79.9. The molecule has 1 heterocycles. The number of halogens is 2. The molecule has 88 valence electrons. The average Bonchev–Trinajstić information content (AvgIpc) is 2.19. The molecule has 0 aromatic heterocycles. The van der Waals surface area contributed by atoms with Crippen LogP contribution in [0.5, 0.6) is 0 Å². The van der Waals surface area contributed by atoms with Crippen LogP contribution in [0, 0.1) is 0 Å². The molecule has 0 aliphatic carbocycles. The van der Waals surface area contributed by atoms with Crippen LogP contribution in [-0.4, -0.2) is 34.7 Å². The van der Waals surface area contributed by atoms with Gasteiger partial charge in [-0.2, -0.15) is 0 Å². The van der Waals surface area contributed by atoms with Crippen LogP contribution in [0.25, 0.3) is 0 Å². The van der Waals surface area contributed by atoms with Crippen molar-refractivity contribution < 1.29 is 23.8 Å². The second kappa shape index (κ2) is 4.76. The molecule has 0 aromatic rings. The zero-order valence-electron chi connectivity index (χ0n) is 8.46. The second-order valence-corrected chi connectivity index (χ2v) is 4.48. The Kier molecular flexibility index (Phi) is 4.08. The first-order valence-electron chi connectivity index (χ1n) is 4.85. The molecule has 1 saturated heterocycles. The van der Waals surface area contributed by atoms with Gasteiger partial charge in [0.15, 0.2) is 0 Å². The van der Waals surface area contributed by atoms with Gasteiger partial charge in [0.25, 0.3) is 0 Å². The van der Waals surface area contributed by atoms with E-state index in [1.165, 1.54) is 0 Å². The minimum atomic E-state index is -2.70. The monoisotopic (exact) mass is 284 g/mol. The smallest absolute Gasteiger partial charge is 0.361 e. The Hall–Kier alpha value is -0.200. The predicted molar refractivity (Wildman–Crippen MR) is 54.2 cm³/mol. The van der Waals surface area contributed by atoms with Gasteiger partial charge in [-0.15, -0.1) is 0 Å². The SMILES string of the molecule is CCOC(=O)[C@](F)(Br)[C@@]1(O)CCCCO1. The third-order valence-electron chi connectivity index (χ3n) is 2.27. The van der Waals surface area contributed by atoms with Crippen molar-refractivity contribution >= 4 is 21.9 Å². The Morgan fingerprint density at radius 2 is 2.40 bits per heavy atom. The molecular weight excluding hydrogens is 271 g/mol. The first kappa shape index (κ1) is 12.9. The van der Waals surface area contributed by atoms with Crippen molar-refractivity contribution in [2.24, 2.45) is 0 Å². The first-order chi connectivity index (χ1) is 6.94. The number of ether oxygens (including phenoxy) is 2. The van der Waals surface area contributed by atoms with Crippen molar-refractivity contribution in [2.75, 3.05) is 13.2 Å². The minimum absolute atomic E-state index is 0.0478. The molecule has 1 aliphatic rings. The van der Waals surface area contributed by atoms with Gasteiger partial charge >= 0.3 is 10.5 Å². The summed E-state index contributed by atoms with van der Waals surface area (Å²) < 4.78 is 20.8. The molecule has 1 rings (SSSR count). The van der Waals surface area contributed by atoms with Crippen molar-refractivity contribution in [3.05, 3.63) is 0 Å². The summed E-state index contributed by atoms with van der Waals surface area (Å²) in [6, 6.07) is 0. The maximum atomic E-state index is 14.0. The summed E-state index contributed by atoms with van der Waals surface area (Å²) in [7, 11) is 0. The van der Waals surface area contributed by atoms with Crippen molar-refractivity contribution in [3.63, 3.8) is 0 Å². The largest absolute Gasteiger partial charge is 0.463 e. The molecule has 1 N–H and O–H groups in total. The summed E-state index contributed by atoms with van der Waals surface area (Å²) in [4.78, 5) is 11.3. The van der Waals surface area contributed by atoms with Crippen LogP contribution in [0.4, 0.5) is 4.39 Å². The zero-order chi connectivity index (χ0) is 11.5. The maximum Gasteiger partial charge on any atom is 0.361 e. The summed E-state index contributed by atoms with van der Waals surface area (Å²) >= 11 is 2.55. The molecule has 4 nitrogen and oxygen atoms in total. The Morgan fingerprint density at radius 3 is 2.87 bits per heavy atom. The molecule has 0 aromatic carbocycles. The van der Waals surface area contributed by atoms with Gasteiger partial charge in [0.2, 0.25) is 5.79 Å². The molecule has 2 atom stereocenters. The fraction of sp³-hybridized carbons (Fsp3) is 0.889. The Labute approximate surface area is 95.9 Å². The van der Waals surface area contributed by atoms with Crippen molar-refractivity contribution in [3.8, 4) is 0 Å². The van der Waals surface area contributed by atoms with E-state index >= 15 is 0 Å². The van der Waals surface area contributed by atoms with E-state index < -0.39 is 16.3 Å². The Bertz CT molecular complexity index is 238. The molecule has 6 heteroatoms. The minimum Gasteiger partial charge on any atom is -0.463 e. The van der Waals surface area contributed by atoms with Crippen molar-refractivity contribution in [1.29, 1.82) is 0 Å². The predicted octanol–water partition coefficient (Wildman–Crippen LogP) is 1.50. The summed E-state index contributed by atoms with van der Waals surface area (Å²) in [5.41, 5.74) is 0. The van der Waals surface area contributed by atoms with E-state index in [0.29, 0.717) is 6.42 Å². The van der Waals surface area contributed by atoms with E-state index in [4.69, 9.17) is 4.74 Å². The number of rotatable bonds is 3. The number of carbonyl (C=O) groups excluding carboxylic acids is 1. The zero-order valence-corrected chi connectivity index (χ0v) is 10.0. The molecule has 0 unspecified atom stereocenters. The van der Waals surface area contributed by atoms with Gasteiger partial charge in [0, 0.05) is 6.42 Å². The van der Waals surface area contributed by atoms with Crippen LogP contribution >= 0.6 is 15.9 Å². The van der Waals surface area contributed by atoms with Crippen molar-refractivity contribution in [1.82, 2.24) is 0 Å². The van der Waals surface area contributed by atoms with Crippen LogP contribution < -0.4 is 0 Å². The number of esters is 1. The number of alkyl halides is 2. The molecular formula is C9H14BrFO4. The highest BCUT2D eigenvalue weighted by Crippen LogP contribution is 2.41. The van der Waals surface area contributed by atoms with E-state index in [1.807, 2.05) is 0 Å². The first-order valence-corrected chi connectivity index (χ1v) is 5.64. The Morgan fingerprint density at radius 1 is 1.73 bits per heavy atom. The molecule has 0 spiro atoms. The van der Waals surface area contributed by atoms with Gasteiger partial charge in [-0.25, -0.2) is 9.18 Å². The van der Waals surface area contributed by atoms with Crippen LogP contribution in [0.1, 0.15) is 26.2 Å². The third kappa shape index (κ3) is 2.49. The quantitative estimate of drug-likeness (QED) is 0.630. The molecule has 1 fully saturated rings. The van der Waals surface area contributed by atoms with E-state index in [9.17, 15) is 14.3 Å². The normalized spacial score (nSPS) is 30.7. The van der Waals surface area contributed by atoms with Gasteiger partial charge in [-0.3, -0.25) is 0 Å². The summed E-state index contributed by atoms with van der Waals surface area (Å²) in [6.07, 6.45) is 1.41. The number of hydrogen-bond donors (Lipinski definition) is 1. The average molecular weight is 285 g/mol. The van der Waals surface area contributed by atoms with Gasteiger partial charge < -0.3 is 14.6 Å². The highest BCUT2D eigenvalue weighted by Gasteiger charge is 2.58. The molecule has 0 radical (unpaired) electrons. The second-order valence-electron chi connectivity index (χ2n) is 3.38. The lowest BCUT2D eigenvalue weighted by molar-refractivity contribution is -0.267. The molecule has 0 amide bonds. The molecule has 0 saturated carbocycles. The maximum absolute atomic E-state index is 14.0. The topological polar surface area (TPSA) is 55.8 Å². The van der Waals surface area contributed by atoms with Crippen LogP contribution in [0.15, 0.2) is 0 Å². The van der Waals surface area contributed by atoms with E-state index in [2.05, 4.69) is 20.7 Å². The third-order valence-corrected chi connectivity index (χ3v) is 3.22. The molecule has 1 aliphatic heterocycles. The lowest BCUT2D eigenvalue weighted by Crippen LogP contribution is -2.56. The summed E-state index contributed by atoms with van der Waals surface area (Å²) in [5.74, 6) is -3.29. The van der Waals surface area contributed by atoms with Crippen molar-refractivity contribution in [2.45, 2.75) is 36.6 Å². The molecule has 15 heavy (non-hydrogen) atoms. The number of hydrogen-bond acceptors (Lipinski definition) is 4. The summed E-state index contributed by atoms with van der Waals surface area (Å²) in [6.45, 7) is 1.84. The Balaban J connectivity index is 2.77. The van der Waals surface area contributed by atoms with Crippen LogP contribution in [0.3, 0.4) is 0 Å². The molecule has 0 bridgehead atoms. The van der Waals surface area contributed by atoms with E-state index in [-0.39, 0.29) is 19.6 Å². The van der Waals surface area contributed by atoms with Crippen LogP contribution in [-0.2, 0) is 14.3 Å². The highest BCUT2D eigenvalue weighted by molar-refractivity contribution is 9.10. The van der Waals surface area contributed by atoms with Gasteiger partial charge in [-0.05, 0) is 35.7 Å². The van der Waals surface area contributed by atoms with E-state index in [1.54, 1.807) is 6.92 Å². The van der Waals surface area contributed by atoms with Gasteiger partial charge in [0.05, 0.1) is 13.2 Å². The van der Waals surface area contributed by atoms with E-state index in [0.717, 1.165) is 6.42 Å². The fourth-order valence-electron chi connectivity index (χ4n) is 1.41. The van der Waals surface area contributed by atoms with Gasteiger partial charge in [-0.1, -0.05) is 0 Å². The van der Waals surface area contributed by atoms with Crippen LogP contribution in [0.2, 0.25) is 0 Å². The number of aliphatic hydroxyl groups is 1. The fourth-order valence-corrected chi connectivity index (χ4v) is 1.84. The summed E-state index contributed by atoms with van der Waals surface area (Å²) in [5, 5.41) is 9.85. The van der Waals surface area contributed by atoms with Gasteiger partial charge in [0.1, 0.15) is 0 Å². The lowest BCUT2D eigenvalue weighted by Gasteiger charge is -2.38. The standard InChI is InChI=1S/C9H14BrFO4/c1-2-14-7(12)9(10,11)8(13)5-3-4-6-15-8/h13H,2-6H2,1H3/t8-,9-/m1/s1. The lowest BCUT2D eigenvalue weighted by atomic mass is 10.0. The number of carbonyl (C=O) groups is 1.